The molecule has 1 aliphatic rings. The summed E-state index contributed by atoms with van der Waals surface area (Å²) in [6.07, 6.45) is 6.47. The van der Waals surface area contributed by atoms with E-state index in [0.717, 1.165) is 28.1 Å². The third kappa shape index (κ3) is 3.73. The number of amides is 1. The van der Waals surface area contributed by atoms with Crippen LogP contribution in [0.3, 0.4) is 0 Å². The summed E-state index contributed by atoms with van der Waals surface area (Å²) in [5.41, 5.74) is 5.70. The van der Waals surface area contributed by atoms with Crippen molar-refractivity contribution in [3.63, 3.8) is 0 Å². The van der Waals surface area contributed by atoms with Crippen molar-refractivity contribution in [3.8, 4) is 5.69 Å². The largest absolute Gasteiger partial charge is 0.336 e. The fourth-order valence-corrected chi connectivity index (χ4v) is 3.93. The zero-order valence-corrected chi connectivity index (χ0v) is 16.8. The number of hydrogen-bond donors (Lipinski definition) is 0. The van der Waals surface area contributed by atoms with Crippen molar-refractivity contribution >= 4 is 12.0 Å². The second kappa shape index (κ2) is 7.66. The highest BCUT2D eigenvalue weighted by Crippen LogP contribution is 2.36. The van der Waals surface area contributed by atoms with Crippen molar-refractivity contribution in [2.24, 2.45) is 0 Å². The number of halogens is 1. The van der Waals surface area contributed by atoms with Crippen LogP contribution in [0.5, 0.6) is 0 Å². The average molecular weight is 389 g/mol. The first kappa shape index (κ1) is 19.1. The van der Waals surface area contributed by atoms with E-state index < -0.39 is 12.2 Å². The van der Waals surface area contributed by atoms with Gasteiger partial charge in [0.1, 0.15) is 6.17 Å². The van der Waals surface area contributed by atoms with Gasteiger partial charge in [0, 0.05) is 25.0 Å². The monoisotopic (exact) mass is 389 g/mol. The van der Waals surface area contributed by atoms with Crippen LogP contribution in [-0.4, -0.2) is 33.4 Å². The maximum absolute atomic E-state index is 14.8. The normalized spacial score (nSPS) is 18.2. The van der Waals surface area contributed by atoms with Crippen molar-refractivity contribution in [2.75, 3.05) is 7.05 Å². The summed E-state index contributed by atoms with van der Waals surface area (Å²) in [5.74, 6) is -0.197. The number of benzene rings is 2. The quantitative estimate of drug-likeness (QED) is 0.612. The molecule has 1 unspecified atom stereocenters. The first-order valence-electron chi connectivity index (χ1n) is 9.72. The third-order valence-electron chi connectivity index (χ3n) is 5.59. The number of aryl methyl sites for hydroxylation is 2. The first-order valence-corrected chi connectivity index (χ1v) is 9.72. The molecule has 0 fully saturated rings. The van der Waals surface area contributed by atoms with Gasteiger partial charge in [0.15, 0.2) is 0 Å². The lowest BCUT2D eigenvalue weighted by Crippen LogP contribution is -2.37. The van der Waals surface area contributed by atoms with Gasteiger partial charge >= 0.3 is 0 Å². The Kier molecular flexibility index (Phi) is 5.05. The lowest BCUT2D eigenvalue weighted by Gasteiger charge is -2.25. The second-order valence-corrected chi connectivity index (χ2v) is 7.62. The third-order valence-corrected chi connectivity index (χ3v) is 5.59. The molecule has 3 aromatic rings. The zero-order valence-electron chi connectivity index (χ0n) is 16.8. The summed E-state index contributed by atoms with van der Waals surface area (Å²) in [4.78, 5) is 18.4. The molecule has 2 atom stereocenters. The standard InChI is InChI=1S/C24H24FN3O/c1-16-12-18(8-10-21(16)28-14-17(2)26-15-28)9-11-23(29)27(3)22-13-19-6-4-5-7-20(19)24(22)25/h4-12,14-15,22,24H,13H2,1-3H3/b11-9+/t22?,24-/m0/s1. The van der Waals surface area contributed by atoms with E-state index in [1.807, 2.05) is 61.0 Å². The molecule has 0 saturated heterocycles. The SMILES string of the molecule is Cc1cn(-c2ccc(/C=C/C(=O)N(C)C3Cc4ccccc4[C@@H]3F)cc2C)cn1. The summed E-state index contributed by atoms with van der Waals surface area (Å²) in [5, 5.41) is 0. The molecule has 1 amide bonds. The van der Waals surface area contributed by atoms with Crippen molar-refractivity contribution in [3.05, 3.63) is 89.0 Å². The Hall–Kier alpha value is -3.21. The predicted molar refractivity (Wildman–Crippen MR) is 113 cm³/mol. The summed E-state index contributed by atoms with van der Waals surface area (Å²) >= 11 is 0. The summed E-state index contributed by atoms with van der Waals surface area (Å²) in [6.45, 7) is 3.98. The van der Waals surface area contributed by atoms with E-state index in [4.69, 9.17) is 0 Å². The molecular formula is C24H24FN3O. The van der Waals surface area contributed by atoms with Crippen molar-refractivity contribution in [1.82, 2.24) is 14.5 Å². The lowest BCUT2D eigenvalue weighted by molar-refractivity contribution is -0.127. The number of hydrogen-bond acceptors (Lipinski definition) is 2. The highest BCUT2D eigenvalue weighted by Gasteiger charge is 2.36. The van der Waals surface area contributed by atoms with Crippen molar-refractivity contribution < 1.29 is 9.18 Å². The highest BCUT2D eigenvalue weighted by molar-refractivity contribution is 5.92. The zero-order chi connectivity index (χ0) is 20.5. The van der Waals surface area contributed by atoms with Gasteiger partial charge < -0.3 is 9.47 Å². The molecule has 1 aliphatic carbocycles. The fourth-order valence-electron chi connectivity index (χ4n) is 3.93. The van der Waals surface area contributed by atoms with E-state index >= 15 is 0 Å². The maximum atomic E-state index is 14.8. The number of rotatable bonds is 4. The van der Waals surface area contributed by atoms with Gasteiger partial charge in [0.2, 0.25) is 5.91 Å². The van der Waals surface area contributed by atoms with Gasteiger partial charge in [-0.05, 0) is 60.7 Å². The van der Waals surface area contributed by atoms with E-state index in [9.17, 15) is 9.18 Å². The van der Waals surface area contributed by atoms with Crippen LogP contribution in [0.1, 0.15) is 34.1 Å². The van der Waals surface area contributed by atoms with E-state index in [-0.39, 0.29) is 5.91 Å². The number of likely N-dealkylation sites (N-methyl/N-ethyl adjacent to an activating group) is 1. The van der Waals surface area contributed by atoms with Gasteiger partial charge in [0.05, 0.1) is 18.1 Å². The second-order valence-electron chi connectivity index (χ2n) is 7.62. The maximum Gasteiger partial charge on any atom is 0.246 e. The molecule has 1 aromatic heterocycles. The Labute approximate surface area is 170 Å². The molecule has 148 valence electrons. The van der Waals surface area contributed by atoms with E-state index in [0.29, 0.717) is 12.0 Å². The number of carbonyl (C=O) groups excluding carboxylic acids is 1. The molecule has 0 saturated carbocycles. The minimum absolute atomic E-state index is 0.197. The predicted octanol–water partition coefficient (Wildman–Crippen LogP) is 4.60. The van der Waals surface area contributed by atoms with Crippen molar-refractivity contribution in [1.29, 1.82) is 0 Å². The number of carbonyl (C=O) groups is 1. The molecule has 4 nitrogen and oxygen atoms in total. The Morgan fingerprint density at radius 2 is 2.03 bits per heavy atom. The van der Waals surface area contributed by atoms with Crippen LogP contribution >= 0.6 is 0 Å². The Morgan fingerprint density at radius 1 is 1.24 bits per heavy atom. The molecule has 0 spiro atoms. The van der Waals surface area contributed by atoms with Gasteiger partial charge in [0.25, 0.3) is 0 Å². The Balaban J connectivity index is 1.46. The Bertz CT molecular complexity index is 1090. The van der Waals surface area contributed by atoms with Gasteiger partial charge in [-0.15, -0.1) is 0 Å². The molecule has 29 heavy (non-hydrogen) atoms. The van der Waals surface area contributed by atoms with Crippen LogP contribution in [-0.2, 0) is 11.2 Å². The molecule has 0 aliphatic heterocycles. The summed E-state index contributed by atoms with van der Waals surface area (Å²) in [7, 11) is 1.67. The topological polar surface area (TPSA) is 38.1 Å². The molecule has 0 bridgehead atoms. The van der Waals surface area contributed by atoms with Gasteiger partial charge in [-0.2, -0.15) is 0 Å². The van der Waals surface area contributed by atoms with E-state index in [2.05, 4.69) is 4.98 Å². The van der Waals surface area contributed by atoms with Crippen LogP contribution < -0.4 is 0 Å². The number of nitrogens with zero attached hydrogens (tertiary/aromatic N) is 3. The smallest absolute Gasteiger partial charge is 0.246 e. The summed E-state index contributed by atoms with van der Waals surface area (Å²) in [6, 6.07) is 13.0. The highest BCUT2D eigenvalue weighted by atomic mass is 19.1. The van der Waals surface area contributed by atoms with Crippen LogP contribution in [0.2, 0.25) is 0 Å². The van der Waals surface area contributed by atoms with Gasteiger partial charge in [-0.25, -0.2) is 9.37 Å². The number of imidazole rings is 1. The van der Waals surface area contributed by atoms with E-state index in [1.165, 1.54) is 11.0 Å². The van der Waals surface area contributed by atoms with Crippen molar-refractivity contribution in [2.45, 2.75) is 32.5 Å². The van der Waals surface area contributed by atoms with E-state index in [1.54, 1.807) is 25.5 Å². The van der Waals surface area contributed by atoms with Crippen LogP contribution in [0, 0.1) is 13.8 Å². The lowest BCUT2D eigenvalue weighted by atomic mass is 10.1. The molecule has 4 rings (SSSR count). The molecular weight excluding hydrogens is 365 g/mol. The minimum atomic E-state index is -1.14. The molecule has 5 heteroatoms. The minimum Gasteiger partial charge on any atom is -0.336 e. The van der Waals surface area contributed by atoms with Crippen LogP contribution in [0.25, 0.3) is 11.8 Å². The molecule has 0 radical (unpaired) electrons. The first-order chi connectivity index (χ1) is 13.9. The average Bonchev–Trinajstić information content (AvgIpc) is 3.29. The van der Waals surface area contributed by atoms with Gasteiger partial charge in [-0.3, -0.25) is 4.79 Å². The summed E-state index contributed by atoms with van der Waals surface area (Å²) < 4.78 is 16.8. The van der Waals surface area contributed by atoms with Crippen LogP contribution in [0.4, 0.5) is 4.39 Å². The van der Waals surface area contributed by atoms with Crippen LogP contribution in [0.15, 0.2) is 61.1 Å². The van der Waals surface area contributed by atoms with Gasteiger partial charge in [-0.1, -0.05) is 30.3 Å². The molecule has 1 heterocycles. The number of aromatic nitrogens is 2. The molecule has 0 N–H and O–H groups in total. The number of fused-ring (bicyclic) bond motifs is 1. The Morgan fingerprint density at radius 3 is 2.72 bits per heavy atom. The number of alkyl halides is 1. The molecule has 2 aromatic carbocycles. The fraction of sp³-hybridized carbons (Fsp3) is 0.250.